The Bertz CT molecular complexity index is 242. The van der Waals surface area contributed by atoms with Gasteiger partial charge < -0.3 is 4.57 Å². The highest BCUT2D eigenvalue weighted by molar-refractivity contribution is 6.81. The fourth-order valence-corrected chi connectivity index (χ4v) is 11.4. The van der Waals surface area contributed by atoms with Gasteiger partial charge in [0.1, 0.15) is 14.0 Å². The minimum Gasteiger partial charge on any atom is -0.322 e. The lowest BCUT2D eigenvalue weighted by molar-refractivity contribution is -0.120. The molecule has 2 nitrogen and oxygen atoms in total. The summed E-state index contributed by atoms with van der Waals surface area (Å²) in [5.41, 5.74) is 2.28. The zero-order valence-electron chi connectivity index (χ0n) is 12.4. The molecular weight excluding hydrogens is 226 g/mol. The monoisotopic (exact) mass is 255 g/mol. The van der Waals surface area contributed by atoms with E-state index in [4.69, 9.17) is 0 Å². The van der Waals surface area contributed by atoms with E-state index < -0.39 is 8.24 Å². The summed E-state index contributed by atoms with van der Waals surface area (Å²) in [6.45, 7) is 16.4. The first-order valence-electron chi connectivity index (χ1n) is 7.10. The quantitative estimate of drug-likeness (QED) is 0.712. The summed E-state index contributed by atoms with van der Waals surface area (Å²) >= 11 is 0. The van der Waals surface area contributed by atoms with E-state index in [0.717, 1.165) is 42.6 Å². The zero-order chi connectivity index (χ0) is 13.2. The number of hydrogen-bond acceptors (Lipinski definition) is 2. The molecule has 3 heteroatoms. The molecule has 17 heavy (non-hydrogen) atoms. The van der Waals surface area contributed by atoms with Crippen LogP contribution in [0.2, 0.25) is 16.6 Å². The number of carbonyl (C=O) groups is 1. The SMILES string of the molecule is CC(C)[Si](C(C)C)(C(C)C)N1CCC(=O)CC1. The highest BCUT2D eigenvalue weighted by Gasteiger charge is 2.48. The van der Waals surface area contributed by atoms with Gasteiger partial charge in [0.15, 0.2) is 0 Å². The molecule has 1 aliphatic heterocycles. The number of nitrogens with zero attached hydrogens (tertiary/aromatic N) is 1. The highest BCUT2D eigenvalue weighted by atomic mass is 28.3. The molecule has 1 saturated heterocycles. The first kappa shape index (κ1) is 14.9. The maximum absolute atomic E-state index is 11.4. The molecule has 0 amide bonds. The molecule has 100 valence electrons. The fourth-order valence-electron chi connectivity index (χ4n) is 4.24. The van der Waals surface area contributed by atoms with E-state index in [-0.39, 0.29) is 0 Å². The van der Waals surface area contributed by atoms with Gasteiger partial charge >= 0.3 is 0 Å². The summed E-state index contributed by atoms with van der Waals surface area (Å²) in [5.74, 6) is 0.459. The van der Waals surface area contributed by atoms with Crippen molar-refractivity contribution in [3.63, 3.8) is 0 Å². The summed E-state index contributed by atoms with van der Waals surface area (Å²) in [7, 11) is -1.48. The Morgan fingerprint density at radius 3 is 1.53 bits per heavy atom. The number of Topliss-reactive ketones (excluding diaryl/α,β-unsaturated/α-hetero) is 1. The normalized spacial score (nSPS) is 19.7. The third-order valence-electron chi connectivity index (χ3n) is 4.64. The Labute approximate surface area is 108 Å². The maximum atomic E-state index is 11.4. The number of carbonyl (C=O) groups excluding carboxylic acids is 1. The number of hydrogen-bond donors (Lipinski definition) is 0. The van der Waals surface area contributed by atoms with Gasteiger partial charge in [-0.25, -0.2) is 0 Å². The van der Waals surface area contributed by atoms with Crippen LogP contribution in [0.4, 0.5) is 0 Å². The molecule has 0 spiro atoms. The Hall–Kier alpha value is -0.153. The number of ketones is 1. The Morgan fingerprint density at radius 1 is 0.882 bits per heavy atom. The fraction of sp³-hybridized carbons (Fsp3) is 0.929. The van der Waals surface area contributed by atoms with Crippen molar-refractivity contribution in [3.8, 4) is 0 Å². The molecule has 0 N–H and O–H groups in total. The third-order valence-corrected chi connectivity index (χ3v) is 11.7. The molecule has 0 radical (unpaired) electrons. The molecule has 1 rings (SSSR count). The van der Waals surface area contributed by atoms with Gasteiger partial charge in [0.05, 0.1) is 0 Å². The van der Waals surface area contributed by atoms with E-state index in [0.29, 0.717) is 5.78 Å². The molecule has 0 saturated carbocycles. The molecule has 1 aliphatic rings. The van der Waals surface area contributed by atoms with Crippen molar-refractivity contribution in [1.82, 2.24) is 4.57 Å². The number of rotatable bonds is 4. The second-order valence-electron chi connectivity index (χ2n) is 6.38. The van der Waals surface area contributed by atoms with Gasteiger partial charge in [-0.05, 0) is 29.7 Å². The van der Waals surface area contributed by atoms with Crippen LogP contribution < -0.4 is 0 Å². The second-order valence-corrected chi connectivity index (χ2v) is 12.2. The van der Waals surface area contributed by atoms with Crippen LogP contribution in [0.3, 0.4) is 0 Å². The molecule has 0 aromatic heterocycles. The molecule has 1 heterocycles. The first-order valence-corrected chi connectivity index (χ1v) is 9.28. The Kier molecular flexibility index (Phi) is 4.96. The highest BCUT2D eigenvalue weighted by Crippen LogP contribution is 2.44. The van der Waals surface area contributed by atoms with Gasteiger partial charge in [-0.15, -0.1) is 0 Å². The zero-order valence-corrected chi connectivity index (χ0v) is 13.4. The van der Waals surface area contributed by atoms with Crippen molar-refractivity contribution in [1.29, 1.82) is 0 Å². The van der Waals surface area contributed by atoms with Crippen molar-refractivity contribution >= 4 is 14.0 Å². The van der Waals surface area contributed by atoms with Crippen LogP contribution in [0, 0.1) is 0 Å². The van der Waals surface area contributed by atoms with Gasteiger partial charge in [-0.3, -0.25) is 4.79 Å². The van der Waals surface area contributed by atoms with E-state index in [2.05, 4.69) is 46.1 Å². The van der Waals surface area contributed by atoms with Crippen LogP contribution in [-0.4, -0.2) is 31.7 Å². The van der Waals surface area contributed by atoms with Crippen molar-refractivity contribution < 1.29 is 4.79 Å². The standard InChI is InChI=1S/C14H29NOSi/c1-11(2)17(12(3)4,13(5)6)15-9-7-14(16)8-10-15/h11-13H,7-10H2,1-6H3. The van der Waals surface area contributed by atoms with Crippen LogP contribution in [0.1, 0.15) is 54.4 Å². The molecule has 0 aromatic carbocycles. The van der Waals surface area contributed by atoms with Gasteiger partial charge in [-0.2, -0.15) is 0 Å². The van der Waals surface area contributed by atoms with Gasteiger partial charge in [0.25, 0.3) is 0 Å². The van der Waals surface area contributed by atoms with E-state index in [1.165, 1.54) is 0 Å². The first-order chi connectivity index (χ1) is 7.83. The predicted octanol–water partition coefficient (Wildman–Crippen LogP) is 3.83. The van der Waals surface area contributed by atoms with Gasteiger partial charge in [-0.1, -0.05) is 41.5 Å². The molecule has 0 bridgehead atoms. The molecular formula is C14H29NOSi. The average molecular weight is 255 g/mol. The number of piperidine rings is 1. The lowest BCUT2D eigenvalue weighted by Crippen LogP contribution is -2.62. The molecule has 0 unspecified atom stereocenters. The van der Waals surface area contributed by atoms with Crippen molar-refractivity contribution in [2.75, 3.05) is 13.1 Å². The van der Waals surface area contributed by atoms with Crippen LogP contribution >= 0.6 is 0 Å². The van der Waals surface area contributed by atoms with Crippen LogP contribution in [0.25, 0.3) is 0 Å². The second kappa shape index (κ2) is 5.66. The largest absolute Gasteiger partial charge is 0.322 e. The average Bonchev–Trinajstić information content (AvgIpc) is 2.20. The third kappa shape index (κ3) is 2.65. The summed E-state index contributed by atoms with van der Waals surface area (Å²) in [5, 5.41) is 0. The minimum atomic E-state index is -1.48. The van der Waals surface area contributed by atoms with Crippen molar-refractivity contribution in [3.05, 3.63) is 0 Å². The topological polar surface area (TPSA) is 20.3 Å². The lowest BCUT2D eigenvalue weighted by atomic mass is 10.1. The van der Waals surface area contributed by atoms with E-state index >= 15 is 0 Å². The summed E-state index contributed by atoms with van der Waals surface area (Å²) < 4.78 is 2.73. The predicted molar refractivity (Wildman–Crippen MR) is 76.9 cm³/mol. The summed E-state index contributed by atoms with van der Waals surface area (Å²) in [6.07, 6.45) is 1.56. The van der Waals surface area contributed by atoms with Gasteiger partial charge in [0, 0.05) is 12.8 Å². The lowest BCUT2D eigenvalue weighted by Gasteiger charge is -2.52. The van der Waals surface area contributed by atoms with Crippen molar-refractivity contribution in [2.45, 2.75) is 71.0 Å². The minimum absolute atomic E-state index is 0.459. The van der Waals surface area contributed by atoms with Crippen LogP contribution in [0.15, 0.2) is 0 Å². The van der Waals surface area contributed by atoms with E-state index in [1.807, 2.05) is 0 Å². The van der Waals surface area contributed by atoms with Crippen LogP contribution in [0.5, 0.6) is 0 Å². The van der Waals surface area contributed by atoms with E-state index in [1.54, 1.807) is 0 Å². The van der Waals surface area contributed by atoms with Crippen molar-refractivity contribution in [2.24, 2.45) is 0 Å². The molecule has 0 atom stereocenters. The van der Waals surface area contributed by atoms with Crippen LogP contribution in [-0.2, 0) is 4.79 Å². The molecule has 0 aromatic rings. The van der Waals surface area contributed by atoms with E-state index in [9.17, 15) is 4.79 Å². The van der Waals surface area contributed by atoms with Gasteiger partial charge in [0.2, 0.25) is 0 Å². The summed E-state index contributed by atoms with van der Waals surface area (Å²) in [6, 6.07) is 0. The smallest absolute Gasteiger partial charge is 0.136 e. The Balaban J connectivity index is 3.00. The molecule has 0 aliphatic carbocycles. The molecule has 1 fully saturated rings. The Morgan fingerprint density at radius 2 is 1.24 bits per heavy atom. The maximum Gasteiger partial charge on any atom is 0.136 e. The summed E-state index contributed by atoms with van der Waals surface area (Å²) in [4.78, 5) is 11.4.